The van der Waals surface area contributed by atoms with Crippen LogP contribution in [0.4, 0.5) is 5.13 Å². The monoisotopic (exact) mass is 324 g/mol. The smallest absolute Gasteiger partial charge is 0.257 e. The number of para-hydroxylation sites is 1. The normalized spacial score (nSPS) is 10.3. The van der Waals surface area contributed by atoms with Crippen LogP contribution in [-0.4, -0.2) is 10.9 Å². The van der Waals surface area contributed by atoms with E-state index in [1.165, 1.54) is 11.3 Å². The van der Waals surface area contributed by atoms with Crippen LogP contribution in [-0.2, 0) is 6.61 Å². The van der Waals surface area contributed by atoms with Crippen LogP contribution in [0.5, 0.6) is 5.75 Å². The van der Waals surface area contributed by atoms with Crippen molar-refractivity contribution in [2.45, 2.75) is 13.5 Å². The van der Waals surface area contributed by atoms with E-state index in [9.17, 15) is 4.79 Å². The van der Waals surface area contributed by atoms with Crippen LogP contribution in [0.1, 0.15) is 21.6 Å². The minimum atomic E-state index is -0.174. The maximum absolute atomic E-state index is 12.5. The first kappa shape index (κ1) is 15.2. The molecule has 0 bridgehead atoms. The van der Waals surface area contributed by atoms with Gasteiger partial charge >= 0.3 is 0 Å². The number of hydrogen-bond acceptors (Lipinski definition) is 4. The third-order valence-corrected chi connectivity index (χ3v) is 4.11. The molecule has 23 heavy (non-hydrogen) atoms. The number of nitrogens with zero attached hydrogens (tertiary/aromatic N) is 1. The second kappa shape index (κ2) is 7.07. The molecule has 116 valence electrons. The molecule has 0 saturated heterocycles. The van der Waals surface area contributed by atoms with Gasteiger partial charge in [0, 0.05) is 16.5 Å². The summed E-state index contributed by atoms with van der Waals surface area (Å²) in [5.41, 5.74) is 2.32. The summed E-state index contributed by atoms with van der Waals surface area (Å²) >= 11 is 1.41. The predicted octanol–water partition coefficient (Wildman–Crippen LogP) is 4.28. The minimum Gasteiger partial charge on any atom is -0.489 e. The van der Waals surface area contributed by atoms with Gasteiger partial charge in [0.05, 0.1) is 5.69 Å². The van der Waals surface area contributed by atoms with Crippen LogP contribution in [0.2, 0.25) is 0 Å². The van der Waals surface area contributed by atoms with Gasteiger partial charge < -0.3 is 4.74 Å². The molecule has 1 amide bonds. The molecule has 0 fully saturated rings. The minimum absolute atomic E-state index is 0.174. The lowest BCUT2D eigenvalue weighted by molar-refractivity contribution is 0.102. The number of nitrogens with one attached hydrogen (secondary N) is 1. The molecule has 0 aliphatic heterocycles. The van der Waals surface area contributed by atoms with Gasteiger partial charge in [-0.3, -0.25) is 10.1 Å². The quantitative estimate of drug-likeness (QED) is 0.762. The molecule has 0 saturated carbocycles. The van der Waals surface area contributed by atoms with Crippen molar-refractivity contribution in [3.8, 4) is 5.75 Å². The van der Waals surface area contributed by atoms with Gasteiger partial charge in [0.2, 0.25) is 0 Å². The van der Waals surface area contributed by atoms with E-state index in [0.717, 1.165) is 17.0 Å². The second-order valence-corrected chi connectivity index (χ2v) is 5.87. The van der Waals surface area contributed by atoms with Gasteiger partial charge in [-0.05, 0) is 25.1 Å². The summed E-state index contributed by atoms with van der Waals surface area (Å²) < 4.78 is 5.74. The van der Waals surface area contributed by atoms with Crippen LogP contribution >= 0.6 is 11.3 Å². The lowest BCUT2D eigenvalue weighted by atomic mass is 10.1. The molecule has 2 aromatic carbocycles. The van der Waals surface area contributed by atoms with Crippen LogP contribution < -0.4 is 10.1 Å². The molecule has 5 heteroatoms. The van der Waals surface area contributed by atoms with Crippen LogP contribution in [0.25, 0.3) is 0 Å². The van der Waals surface area contributed by atoms with Crippen molar-refractivity contribution in [1.29, 1.82) is 0 Å². The molecule has 1 heterocycles. The number of hydrogen-bond donors (Lipinski definition) is 1. The summed E-state index contributed by atoms with van der Waals surface area (Å²) in [7, 11) is 0. The molecule has 3 rings (SSSR count). The summed E-state index contributed by atoms with van der Waals surface area (Å²) in [6.45, 7) is 2.23. The molecule has 1 N–H and O–H groups in total. The summed E-state index contributed by atoms with van der Waals surface area (Å²) in [6.07, 6.45) is 0. The Labute approximate surface area is 138 Å². The Balaban J connectivity index is 1.73. The third-order valence-electron chi connectivity index (χ3n) is 3.24. The Morgan fingerprint density at radius 2 is 1.87 bits per heavy atom. The number of ether oxygens (including phenoxy) is 1. The molecule has 0 aliphatic carbocycles. The maximum atomic E-state index is 12.5. The number of benzene rings is 2. The number of anilines is 1. The predicted molar refractivity (Wildman–Crippen MR) is 92.0 cm³/mol. The summed E-state index contributed by atoms with van der Waals surface area (Å²) in [5, 5.41) is 5.34. The number of aromatic nitrogens is 1. The fraction of sp³-hybridized carbons (Fsp3) is 0.111. The fourth-order valence-electron chi connectivity index (χ4n) is 2.12. The first-order chi connectivity index (χ1) is 11.2. The van der Waals surface area contributed by atoms with Gasteiger partial charge in [-0.2, -0.15) is 0 Å². The van der Waals surface area contributed by atoms with E-state index in [1.54, 1.807) is 6.07 Å². The van der Waals surface area contributed by atoms with E-state index in [0.29, 0.717) is 17.3 Å². The van der Waals surface area contributed by atoms with E-state index >= 15 is 0 Å². The van der Waals surface area contributed by atoms with Crippen LogP contribution in [0.3, 0.4) is 0 Å². The van der Waals surface area contributed by atoms with Crippen molar-refractivity contribution < 1.29 is 9.53 Å². The van der Waals surface area contributed by atoms with Crippen molar-refractivity contribution in [2.24, 2.45) is 0 Å². The van der Waals surface area contributed by atoms with E-state index in [4.69, 9.17) is 4.74 Å². The third kappa shape index (κ3) is 3.96. The first-order valence-electron chi connectivity index (χ1n) is 7.21. The van der Waals surface area contributed by atoms with E-state index in [1.807, 2.05) is 60.8 Å². The zero-order valence-electron chi connectivity index (χ0n) is 12.7. The molecule has 0 radical (unpaired) electrons. The molecule has 0 atom stereocenters. The Hall–Kier alpha value is -2.66. The SMILES string of the molecule is Cc1csc(NC(=O)c2ccccc2COc2ccccc2)n1. The number of carbonyl (C=O) groups is 1. The lowest BCUT2D eigenvalue weighted by Crippen LogP contribution is -2.15. The van der Waals surface area contributed by atoms with Crippen LogP contribution in [0, 0.1) is 6.92 Å². The molecular formula is C18H16N2O2S. The molecule has 1 aromatic heterocycles. The van der Waals surface area contributed by atoms with Gasteiger partial charge in [-0.25, -0.2) is 4.98 Å². The average Bonchev–Trinajstić information content (AvgIpc) is 2.99. The Bertz CT molecular complexity index is 800. The molecule has 0 unspecified atom stereocenters. The Kier molecular flexibility index (Phi) is 4.68. The van der Waals surface area contributed by atoms with Crippen molar-refractivity contribution in [1.82, 2.24) is 4.98 Å². The highest BCUT2D eigenvalue weighted by molar-refractivity contribution is 7.13. The Morgan fingerprint density at radius 3 is 2.61 bits per heavy atom. The number of rotatable bonds is 5. The molecule has 0 aliphatic rings. The number of thiazole rings is 1. The first-order valence-corrected chi connectivity index (χ1v) is 8.09. The number of aryl methyl sites for hydroxylation is 1. The largest absolute Gasteiger partial charge is 0.489 e. The van der Waals surface area contributed by atoms with Gasteiger partial charge in [0.25, 0.3) is 5.91 Å². The van der Waals surface area contributed by atoms with Gasteiger partial charge in [0.15, 0.2) is 5.13 Å². The summed E-state index contributed by atoms with van der Waals surface area (Å²) in [4.78, 5) is 16.7. The second-order valence-electron chi connectivity index (χ2n) is 5.01. The highest BCUT2D eigenvalue weighted by atomic mass is 32.1. The van der Waals surface area contributed by atoms with E-state index in [-0.39, 0.29) is 5.91 Å². The summed E-state index contributed by atoms with van der Waals surface area (Å²) in [5.74, 6) is 0.602. The zero-order chi connectivity index (χ0) is 16.1. The van der Waals surface area contributed by atoms with Crippen molar-refractivity contribution in [3.05, 3.63) is 76.8 Å². The molecule has 3 aromatic rings. The summed E-state index contributed by atoms with van der Waals surface area (Å²) in [6, 6.07) is 17.0. The standard InChI is InChI=1S/C18H16N2O2S/c1-13-12-23-18(19-13)20-17(21)16-10-6-5-7-14(16)11-22-15-8-3-2-4-9-15/h2-10,12H,11H2,1H3,(H,19,20,21). The van der Waals surface area contributed by atoms with Crippen molar-refractivity contribution >= 4 is 22.4 Å². The van der Waals surface area contributed by atoms with E-state index in [2.05, 4.69) is 10.3 Å². The van der Waals surface area contributed by atoms with Gasteiger partial charge in [-0.1, -0.05) is 36.4 Å². The van der Waals surface area contributed by atoms with Gasteiger partial charge in [0.1, 0.15) is 12.4 Å². The zero-order valence-corrected chi connectivity index (χ0v) is 13.5. The number of carbonyl (C=O) groups excluding carboxylic acids is 1. The maximum Gasteiger partial charge on any atom is 0.257 e. The fourth-order valence-corrected chi connectivity index (χ4v) is 2.80. The van der Waals surface area contributed by atoms with E-state index < -0.39 is 0 Å². The van der Waals surface area contributed by atoms with Gasteiger partial charge in [-0.15, -0.1) is 11.3 Å². The Morgan fingerprint density at radius 1 is 1.13 bits per heavy atom. The van der Waals surface area contributed by atoms with Crippen molar-refractivity contribution in [2.75, 3.05) is 5.32 Å². The molecular weight excluding hydrogens is 308 g/mol. The average molecular weight is 324 g/mol. The molecule has 0 spiro atoms. The van der Waals surface area contributed by atoms with Crippen LogP contribution in [0.15, 0.2) is 60.0 Å². The lowest BCUT2D eigenvalue weighted by Gasteiger charge is -2.10. The highest BCUT2D eigenvalue weighted by Crippen LogP contribution is 2.18. The highest BCUT2D eigenvalue weighted by Gasteiger charge is 2.13. The number of amides is 1. The molecule has 4 nitrogen and oxygen atoms in total. The van der Waals surface area contributed by atoms with Crippen molar-refractivity contribution in [3.63, 3.8) is 0 Å². The topological polar surface area (TPSA) is 51.2 Å².